The number of nitrogens with zero attached hydrogens (tertiary/aromatic N) is 1. The lowest BCUT2D eigenvalue weighted by atomic mass is 9.96. The molecule has 1 heterocycles. The number of ether oxygens (including phenoxy) is 1. The number of nitrogens with one attached hydrogen (secondary N) is 1. The van der Waals surface area contributed by atoms with Gasteiger partial charge in [-0.15, -0.1) is 0 Å². The number of aryl methyl sites for hydroxylation is 1. The second-order valence-electron chi connectivity index (χ2n) is 7.99. The van der Waals surface area contributed by atoms with Gasteiger partial charge in [-0.25, -0.2) is 0 Å². The molecule has 8 heteroatoms. The van der Waals surface area contributed by atoms with Crippen LogP contribution in [0.25, 0.3) is 11.1 Å². The quantitative estimate of drug-likeness (QED) is 0.489. The molecule has 1 saturated heterocycles. The number of rotatable bonds is 8. The predicted octanol–water partition coefficient (Wildman–Crippen LogP) is 3.10. The Morgan fingerprint density at radius 3 is 2.59 bits per heavy atom. The smallest absolute Gasteiger partial charge is 0.293 e. The van der Waals surface area contributed by atoms with Gasteiger partial charge in [-0.05, 0) is 47.6 Å². The van der Waals surface area contributed by atoms with Crippen molar-refractivity contribution in [2.75, 3.05) is 24.7 Å². The van der Waals surface area contributed by atoms with Crippen LogP contribution in [-0.2, 0) is 23.9 Å². The third-order valence-electron chi connectivity index (χ3n) is 5.96. The van der Waals surface area contributed by atoms with Crippen LogP contribution in [0.4, 0.5) is 5.69 Å². The second-order valence-corrected chi connectivity index (χ2v) is 9.03. The van der Waals surface area contributed by atoms with Crippen LogP contribution in [0.5, 0.6) is 0 Å². The minimum atomic E-state index is -0.349. The molecule has 4 rings (SSSR count). The third-order valence-corrected chi connectivity index (χ3v) is 6.90. The molecule has 2 aliphatic rings. The molecule has 2 atom stereocenters. The van der Waals surface area contributed by atoms with Crippen LogP contribution < -0.4 is 5.32 Å². The summed E-state index contributed by atoms with van der Waals surface area (Å²) >= 11 is 1.35. The molecule has 7 nitrogen and oxygen atoms in total. The van der Waals surface area contributed by atoms with Crippen LogP contribution in [0.15, 0.2) is 36.4 Å². The molecule has 32 heavy (non-hydrogen) atoms. The molecule has 3 amide bonds. The summed E-state index contributed by atoms with van der Waals surface area (Å²) < 4.78 is 5.09. The molecule has 166 valence electrons. The molecular formula is C24H24N2O5S. The Morgan fingerprint density at radius 2 is 1.91 bits per heavy atom. The summed E-state index contributed by atoms with van der Waals surface area (Å²) in [6, 6.07) is 11.9. The van der Waals surface area contributed by atoms with Crippen molar-refractivity contribution in [2.45, 2.75) is 30.9 Å². The Bertz CT molecular complexity index is 1100. The maximum Gasteiger partial charge on any atom is 0.293 e. The van der Waals surface area contributed by atoms with Crippen molar-refractivity contribution in [2.24, 2.45) is 0 Å². The Labute approximate surface area is 190 Å². The normalized spacial score (nSPS) is 19.0. The zero-order valence-corrected chi connectivity index (χ0v) is 18.7. The highest BCUT2D eigenvalue weighted by atomic mass is 32.2. The average molecular weight is 453 g/mol. The Kier molecular flexibility index (Phi) is 6.32. The minimum Gasteiger partial charge on any atom is -0.467 e. The van der Waals surface area contributed by atoms with Gasteiger partial charge in [-0.2, -0.15) is 11.8 Å². The van der Waals surface area contributed by atoms with E-state index in [2.05, 4.69) is 17.4 Å². The summed E-state index contributed by atoms with van der Waals surface area (Å²) in [6.07, 6.45) is 2.02. The van der Waals surface area contributed by atoms with Crippen LogP contribution in [0.2, 0.25) is 0 Å². The molecule has 1 aliphatic heterocycles. The zero-order valence-electron chi connectivity index (χ0n) is 17.9. The van der Waals surface area contributed by atoms with Gasteiger partial charge in [0.2, 0.25) is 17.7 Å². The fraction of sp³-hybridized carbons (Fsp3) is 0.333. The van der Waals surface area contributed by atoms with Gasteiger partial charge in [0.05, 0.1) is 5.25 Å². The van der Waals surface area contributed by atoms with Gasteiger partial charge in [-0.3, -0.25) is 24.1 Å². The summed E-state index contributed by atoms with van der Waals surface area (Å²) in [5.41, 5.74) is 5.97. The number of hydrogen-bond donors (Lipinski definition) is 1. The first-order valence-electron chi connectivity index (χ1n) is 10.4. The van der Waals surface area contributed by atoms with E-state index in [4.69, 9.17) is 4.74 Å². The molecule has 2 aromatic rings. The number of fused-ring (bicyclic) bond motifs is 3. The van der Waals surface area contributed by atoms with E-state index in [-0.39, 0.29) is 54.9 Å². The van der Waals surface area contributed by atoms with Gasteiger partial charge in [0.1, 0.15) is 6.61 Å². The van der Waals surface area contributed by atoms with Gasteiger partial charge < -0.3 is 10.1 Å². The van der Waals surface area contributed by atoms with E-state index in [0.717, 1.165) is 27.8 Å². The fourth-order valence-corrected chi connectivity index (χ4v) is 5.02. The van der Waals surface area contributed by atoms with Crippen molar-refractivity contribution in [1.29, 1.82) is 0 Å². The number of likely N-dealkylation sites (tertiary alicyclic amines) is 1. The number of carbonyl (C=O) groups is 4. The van der Waals surface area contributed by atoms with E-state index in [1.54, 1.807) is 6.26 Å². The lowest BCUT2D eigenvalue weighted by Crippen LogP contribution is -2.34. The van der Waals surface area contributed by atoms with E-state index in [1.165, 1.54) is 16.7 Å². The number of amides is 3. The largest absolute Gasteiger partial charge is 0.467 e. The summed E-state index contributed by atoms with van der Waals surface area (Å²) in [5.74, 6) is -0.833. The fourth-order valence-electron chi connectivity index (χ4n) is 4.38. The van der Waals surface area contributed by atoms with Crippen molar-refractivity contribution in [3.8, 4) is 11.1 Å². The van der Waals surface area contributed by atoms with Gasteiger partial charge in [0.25, 0.3) is 6.47 Å². The summed E-state index contributed by atoms with van der Waals surface area (Å²) in [5, 5.41) is 2.51. The predicted molar refractivity (Wildman–Crippen MR) is 122 cm³/mol. The Balaban J connectivity index is 1.47. The SMILES string of the molecule is CSC1CC(=O)N(CCC(=O)Nc2ccc3c(c2)C(COC=O)c2cc(C)ccc2-3)C1=O. The lowest BCUT2D eigenvalue weighted by molar-refractivity contribution is -0.138. The lowest BCUT2D eigenvalue weighted by Gasteiger charge is -2.15. The van der Waals surface area contributed by atoms with Crippen LogP contribution in [0.3, 0.4) is 0 Å². The highest BCUT2D eigenvalue weighted by molar-refractivity contribution is 8.00. The average Bonchev–Trinajstić information content (AvgIpc) is 3.22. The molecule has 2 aromatic carbocycles. The van der Waals surface area contributed by atoms with Crippen molar-refractivity contribution in [3.63, 3.8) is 0 Å². The first kappa shape index (κ1) is 22.1. The van der Waals surface area contributed by atoms with Crippen LogP contribution in [0.1, 0.15) is 35.4 Å². The Hall–Kier alpha value is -3.13. The van der Waals surface area contributed by atoms with Gasteiger partial charge in [-0.1, -0.05) is 29.8 Å². The van der Waals surface area contributed by atoms with Gasteiger partial charge in [0.15, 0.2) is 0 Å². The summed E-state index contributed by atoms with van der Waals surface area (Å²) in [4.78, 5) is 48.7. The first-order chi connectivity index (χ1) is 15.4. The van der Waals surface area contributed by atoms with Crippen molar-refractivity contribution >= 4 is 41.6 Å². The number of anilines is 1. The highest BCUT2D eigenvalue weighted by Gasteiger charge is 2.38. The molecule has 1 N–H and O–H groups in total. The maximum atomic E-state index is 12.5. The number of imide groups is 1. The molecule has 0 aromatic heterocycles. The van der Waals surface area contributed by atoms with E-state index in [1.807, 2.05) is 31.2 Å². The monoisotopic (exact) mass is 452 g/mol. The topological polar surface area (TPSA) is 92.8 Å². The van der Waals surface area contributed by atoms with Gasteiger partial charge in [0, 0.05) is 31.0 Å². The van der Waals surface area contributed by atoms with Crippen molar-refractivity contribution in [1.82, 2.24) is 4.90 Å². The highest BCUT2D eigenvalue weighted by Crippen LogP contribution is 2.46. The molecule has 0 spiro atoms. The van der Waals surface area contributed by atoms with Crippen molar-refractivity contribution in [3.05, 3.63) is 53.1 Å². The zero-order chi connectivity index (χ0) is 22.8. The number of thioether (sulfide) groups is 1. The standard InChI is InChI=1S/C24H24N2O5S/c1-14-3-5-16-17-6-4-15(10-19(17)20(12-31-13-27)18(16)9-14)25-22(28)7-8-26-23(29)11-21(32-2)24(26)30/h3-6,9-10,13,20-21H,7-8,11-12H2,1-2H3,(H,25,28). The number of benzene rings is 2. The molecule has 1 fully saturated rings. The van der Waals surface area contributed by atoms with Gasteiger partial charge >= 0.3 is 0 Å². The second kappa shape index (κ2) is 9.16. The number of hydrogen-bond acceptors (Lipinski definition) is 6. The van der Waals surface area contributed by atoms with E-state index in [0.29, 0.717) is 12.2 Å². The molecular weight excluding hydrogens is 428 g/mol. The van der Waals surface area contributed by atoms with Crippen LogP contribution in [0, 0.1) is 6.92 Å². The maximum absolute atomic E-state index is 12.5. The molecule has 0 radical (unpaired) electrons. The molecule has 1 aliphatic carbocycles. The van der Waals surface area contributed by atoms with Crippen LogP contribution in [-0.4, -0.2) is 53.8 Å². The van der Waals surface area contributed by atoms with E-state index in [9.17, 15) is 19.2 Å². The molecule has 0 saturated carbocycles. The van der Waals surface area contributed by atoms with Crippen molar-refractivity contribution < 1.29 is 23.9 Å². The molecule has 0 bridgehead atoms. The Morgan fingerprint density at radius 1 is 1.19 bits per heavy atom. The van der Waals surface area contributed by atoms with Crippen LogP contribution >= 0.6 is 11.8 Å². The summed E-state index contributed by atoms with van der Waals surface area (Å²) in [6.45, 7) is 2.76. The third kappa shape index (κ3) is 4.14. The number of carbonyl (C=O) groups excluding carboxylic acids is 4. The first-order valence-corrected chi connectivity index (χ1v) is 11.7. The van der Waals surface area contributed by atoms with E-state index >= 15 is 0 Å². The van der Waals surface area contributed by atoms with E-state index < -0.39 is 0 Å². The molecule has 2 unspecified atom stereocenters. The summed E-state index contributed by atoms with van der Waals surface area (Å²) in [7, 11) is 0. The minimum absolute atomic E-state index is 0.0345.